The maximum absolute atomic E-state index is 12.6. The van der Waals surface area contributed by atoms with Gasteiger partial charge in [-0.05, 0) is 31.4 Å². The second kappa shape index (κ2) is 8.83. The summed E-state index contributed by atoms with van der Waals surface area (Å²) in [4.78, 5) is 12.6. The number of aryl methyl sites for hydroxylation is 1. The highest BCUT2D eigenvalue weighted by atomic mass is 32.2. The molecule has 0 aromatic heterocycles. The summed E-state index contributed by atoms with van der Waals surface area (Å²) >= 11 is 1.66. The van der Waals surface area contributed by atoms with Gasteiger partial charge < -0.3 is 10.1 Å². The molecule has 1 atom stereocenters. The Labute approximate surface area is 166 Å². The smallest absolute Gasteiger partial charge is 0.230 e. The number of nitrogens with one attached hydrogen (secondary N) is 1. The zero-order chi connectivity index (χ0) is 19.3. The van der Waals surface area contributed by atoms with Gasteiger partial charge in [-0.25, -0.2) is 0 Å². The zero-order valence-corrected chi connectivity index (χ0v) is 17.3. The van der Waals surface area contributed by atoms with Gasteiger partial charge in [0.25, 0.3) is 0 Å². The molecule has 1 aliphatic rings. The first-order chi connectivity index (χ1) is 13.0. The topological polar surface area (TPSA) is 38.3 Å². The van der Waals surface area contributed by atoms with Crippen molar-refractivity contribution in [3.63, 3.8) is 0 Å². The molecule has 3 nitrogen and oxygen atoms in total. The van der Waals surface area contributed by atoms with Gasteiger partial charge in [-0.1, -0.05) is 61.9 Å². The number of carbonyl (C=O) groups is 1. The van der Waals surface area contributed by atoms with Gasteiger partial charge in [-0.2, -0.15) is 0 Å². The van der Waals surface area contributed by atoms with Crippen LogP contribution in [0.5, 0.6) is 5.75 Å². The first-order valence-corrected chi connectivity index (χ1v) is 10.9. The minimum absolute atomic E-state index is 0.0157. The van der Waals surface area contributed by atoms with Crippen molar-refractivity contribution in [1.82, 2.24) is 5.32 Å². The van der Waals surface area contributed by atoms with Crippen LogP contribution in [0, 0.1) is 6.92 Å². The van der Waals surface area contributed by atoms with E-state index in [1.807, 2.05) is 18.2 Å². The number of fused-ring (bicyclic) bond motifs is 1. The minimum Gasteiger partial charge on any atom is -0.487 e. The van der Waals surface area contributed by atoms with Crippen molar-refractivity contribution >= 4 is 17.7 Å². The Bertz CT molecular complexity index is 785. The number of benzene rings is 2. The van der Waals surface area contributed by atoms with E-state index in [0.717, 1.165) is 36.3 Å². The van der Waals surface area contributed by atoms with Crippen LogP contribution in [-0.4, -0.2) is 17.3 Å². The Morgan fingerprint density at radius 2 is 1.96 bits per heavy atom. The monoisotopic (exact) mass is 383 g/mol. The molecular formula is C23H29NO2S. The van der Waals surface area contributed by atoms with Gasteiger partial charge in [0.1, 0.15) is 11.4 Å². The molecule has 1 N–H and O–H groups in total. The van der Waals surface area contributed by atoms with Crippen LogP contribution < -0.4 is 10.1 Å². The van der Waals surface area contributed by atoms with Crippen LogP contribution >= 0.6 is 11.8 Å². The molecule has 2 aromatic carbocycles. The van der Waals surface area contributed by atoms with Gasteiger partial charge in [0, 0.05) is 17.7 Å². The number of hydrogen-bond donors (Lipinski definition) is 1. The van der Waals surface area contributed by atoms with Crippen LogP contribution in [0.3, 0.4) is 0 Å². The molecule has 0 unspecified atom stereocenters. The van der Waals surface area contributed by atoms with E-state index >= 15 is 0 Å². The molecule has 1 amide bonds. The van der Waals surface area contributed by atoms with Gasteiger partial charge >= 0.3 is 0 Å². The minimum atomic E-state index is -0.193. The molecule has 144 valence electrons. The first-order valence-electron chi connectivity index (χ1n) is 9.76. The van der Waals surface area contributed by atoms with Crippen molar-refractivity contribution in [2.45, 2.75) is 57.4 Å². The van der Waals surface area contributed by atoms with Crippen molar-refractivity contribution in [2.75, 3.05) is 5.75 Å². The Hall–Kier alpha value is -1.94. The van der Waals surface area contributed by atoms with Gasteiger partial charge in [-0.3, -0.25) is 4.79 Å². The van der Waals surface area contributed by atoms with Crippen LogP contribution in [0.1, 0.15) is 55.8 Å². The molecule has 0 aliphatic carbocycles. The van der Waals surface area contributed by atoms with Crippen molar-refractivity contribution in [3.8, 4) is 5.75 Å². The van der Waals surface area contributed by atoms with Crippen LogP contribution in [-0.2, 0) is 10.5 Å². The average molecular weight is 384 g/mol. The lowest BCUT2D eigenvalue weighted by Gasteiger charge is -2.41. The van der Waals surface area contributed by atoms with E-state index in [9.17, 15) is 4.79 Å². The van der Waals surface area contributed by atoms with Gasteiger partial charge in [0.05, 0.1) is 11.8 Å². The summed E-state index contributed by atoms with van der Waals surface area (Å²) in [5, 5.41) is 3.26. The Balaban J connectivity index is 1.62. The standard InChI is InChI=1S/C23H29NO2S/c1-4-23(5-2)14-20(19-11-6-7-12-21(19)26-23)24-22(25)16-27-15-18-10-8-9-17(3)13-18/h6-13,20H,4-5,14-16H2,1-3H3,(H,24,25)/t20-/m0/s1. The van der Waals surface area contributed by atoms with Crippen molar-refractivity contribution in [1.29, 1.82) is 0 Å². The molecular weight excluding hydrogens is 354 g/mol. The van der Waals surface area contributed by atoms with E-state index in [2.05, 4.69) is 56.4 Å². The predicted octanol–water partition coefficient (Wildman–Crippen LogP) is 5.43. The molecule has 4 heteroatoms. The Morgan fingerprint density at radius 1 is 1.19 bits per heavy atom. The Morgan fingerprint density at radius 3 is 2.70 bits per heavy atom. The third-order valence-corrected chi connectivity index (χ3v) is 6.41. The number of para-hydroxylation sites is 1. The fraction of sp³-hybridized carbons (Fsp3) is 0.435. The van der Waals surface area contributed by atoms with Crippen molar-refractivity contribution in [3.05, 3.63) is 65.2 Å². The van der Waals surface area contributed by atoms with E-state index in [0.29, 0.717) is 5.75 Å². The highest BCUT2D eigenvalue weighted by Crippen LogP contribution is 2.42. The molecule has 1 heterocycles. The maximum atomic E-state index is 12.6. The summed E-state index contributed by atoms with van der Waals surface area (Å²) in [6.07, 6.45) is 2.70. The average Bonchev–Trinajstić information content (AvgIpc) is 2.68. The molecule has 0 spiro atoms. The number of amides is 1. The van der Waals surface area contributed by atoms with Crippen LogP contribution in [0.15, 0.2) is 48.5 Å². The Kier molecular flexibility index (Phi) is 6.48. The zero-order valence-electron chi connectivity index (χ0n) is 16.5. The maximum Gasteiger partial charge on any atom is 0.230 e. The summed E-state index contributed by atoms with van der Waals surface area (Å²) in [6.45, 7) is 6.42. The fourth-order valence-corrected chi connectivity index (χ4v) is 4.52. The first kappa shape index (κ1) is 19.8. The third kappa shape index (κ3) is 4.86. The molecule has 2 aromatic rings. The van der Waals surface area contributed by atoms with E-state index in [1.165, 1.54) is 11.1 Å². The van der Waals surface area contributed by atoms with Gasteiger partial charge in [-0.15, -0.1) is 11.8 Å². The fourth-order valence-electron chi connectivity index (χ4n) is 3.73. The van der Waals surface area contributed by atoms with Crippen LogP contribution in [0.25, 0.3) is 0 Å². The van der Waals surface area contributed by atoms with Gasteiger partial charge in [0.2, 0.25) is 5.91 Å². The SMILES string of the molecule is CCC1(CC)C[C@H](NC(=O)CSCc2cccc(C)c2)c2ccccc2O1. The van der Waals surface area contributed by atoms with Crippen LogP contribution in [0.2, 0.25) is 0 Å². The summed E-state index contributed by atoms with van der Waals surface area (Å²) in [5.74, 6) is 2.33. The highest BCUT2D eigenvalue weighted by molar-refractivity contribution is 7.99. The quantitative estimate of drug-likeness (QED) is 0.693. The van der Waals surface area contributed by atoms with Crippen LogP contribution in [0.4, 0.5) is 0 Å². The second-order valence-corrected chi connectivity index (χ2v) is 8.32. The lowest BCUT2D eigenvalue weighted by atomic mass is 9.83. The molecule has 0 saturated carbocycles. The van der Waals surface area contributed by atoms with E-state index in [4.69, 9.17) is 4.74 Å². The lowest BCUT2D eigenvalue weighted by Crippen LogP contribution is -2.44. The number of hydrogen-bond acceptors (Lipinski definition) is 3. The molecule has 0 radical (unpaired) electrons. The lowest BCUT2D eigenvalue weighted by molar-refractivity contribution is -0.120. The number of ether oxygens (including phenoxy) is 1. The number of carbonyl (C=O) groups excluding carboxylic acids is 1. The van der Waals surface area contributed by atoms with Gasteiger partial charge in [0.15, 0.2) is 0 Å². The molecule has 1 aliphatic heterocycles. The van der Waals surface area contributed by atoms with E-state index in [-0.39, 0.29) is 17.6 Å². The van der Waals surface area contributed by atoms with E-state index in [1.54, 1.807) is 11.8 Å². The van der Waals surface area contributed by atoms with Crippen molar-refractivity contribution in [2.24, 2.45) is 0 Å². The summed E-state index contributed by atoms with van der Waals surface area (Å²) in [7, 11) is 0. The summed E-state index contributed by atoms with van der Waals surface area (Å²) in [6, 6.07) is 16.6. The normalized spacial score (nSPS) is 17.7. The summed E-state index contributed by atoms with van der Waals surface area (Å²) < 4.78 is 6.32. The molecule has 27 heavy (non-hydrogen) atoms. The molecule has 0 saturated heterocycles. The molecule has 3 rings (SSSR count). The van der Waals surface area contributed by atoms with E-state index < -0.39 is 0 Å². The molecule has 0 fully saturated rings. The second-order valence-electron chi connectivity index (χ2n) is 7.34. The van der Waals surface area contributed by atoms with Crippen molar-refractivity contribution < 1.29 is 9.53 Å². The largest absolute Gasteiger partial charge is 0.487 e. The summed E-state index contributed by atoms with van der Waals surface area (Å²) in [5.41, 5.74) is 3.42. The highest BCUT2D eigenvalue weighted by Gasteiger charge is 2.38. The number of thioether (sulfide) groups is 1. The molecule has 0 bridgehead atoms. The third-order valence-electron chi connectivity index (χ3n) is 5.41. The predicted molar refractivity (Wildman–Crippen MR) is 113 cm³/mol. The number of rotatable bonds is 7.